The SMILES string of the molecule is C=C(F)C(=O)N1CCN(c2nc(OCCN(C)CC3CC(F)(F)C3)nc3c2CCN(c2cccc4cccc(Cl)c24)C3)C[C@@H]1CC#N. The number of aromatic nitrogens is 2. The van der Waals surface area contributed by atoms with Gasteiger partial charge in [-0.25, -0.2) is 13.2 Å². The quantitative estimate of drug-likeness (QED) is 0.258. The first-order valence-corrected chi connectivity index (χ1v) is 16.2. The molecule has 1 saturated carbocycles. The van der Waals surface area contributed by atoms with Crippen LogP contribution in [0.25, 0.3) is 10.8 Å². The summed E-state index contributed by atoms with van der Waals surface area (Å²) in [5.41, 5.74) is 2.74. The number of halogens is 4. The highest BCUT2D eigenvalue weighted by Gasteiger charge is 2.45. The fraction of sp³-hybridized carbons (Fsp3) is 0.471. The molecule has 0 spiro atoms. The topological polar surface area (TPSA) is 88.8 Å². The fourth-order valence-corrected chi connectivity index (χ4v) is 7.23. The molecule has 1 aliphatic carbocycles. The molecule has 248 valence electrons. The molecule has 0 unspecified atom stereocenters. The van der Waals surface area contributed by atoms with E-state index < -0.39 is 23.7 Å². The van der Waals surface area contributed by atoms with Crippen molar-refractivity contribution in [3.63, 3.8) is 0 Å². The third-order valence-corrected chi connectivity index (χ3v) is 9.56. The van der Waals surface area contributed by atoms with Crippen molar-refractivity contribution < 1.29 is 22.7 Å². The van der Waals surface area contributed by atoms with Gasteiger partial charge in [-0.1, -0.05) is 42.4 Å². The number of nitriles is 1. The van der Waals surface area contributed by atoms with Crippen molar-refractivity contribution in [1.29, 1.82) is 5.26 Å². The molecule has 1 saturated heterocycles. The summed E-state index contributed by atoms with van der Waals surface area (Å²) in [7, 11) is 1.88. The Balaban J connectivity index is 1.26. The van der Waals surface area contributed by atoms with E-state index in [2.05, 4.69) is 17.5 Å². The molecule has 2 aromatic carbocycles. The van der Waals surface area contributed by atoms with Gasteiger partial charge in [-0.15, -0.1) is 0 Å². The van der Waals surface area contributed by atoms with Crippen LogP contribution in [0, 0.1) is 17.2 Å². The Labute approximate surface area is 277 Å². The number of carbonyl (C=O) groups is 1. The number of nitrogens with zero attached hydrogens (tertiary/aromatic N) is 7. The number of benzene rings is 2. The number of hydrogen-bond acceptors (Lipinski definition) is 8. The molecule has 3 aromatic rings. The van der Waals surface area contributed by atoms with Crippen molar-refractivity contribution in [3.8, 4) is 12.1 Å². The van der Waals surface area contributed by atoms with Crippen molar-refractivity contribution in [2.24, 2.45) is 5.92 Å². The van der Waals surface area contributed by atoms with Gasteiger partial charge in [0.2, 0.25) is 5.92 Å². The van der Waals surface area contributed by atoms with Crippen LogP contribution in [0.4, 0.5) is 24.7 Å². The summed E-state index contributed by atoms with van der Waals surface area (Å²) in [6.45, 7) is 6.51. The van der Waals surface area contributed by atoms with Crippen molar-refractivity contribution in [2.45, 2.75) is 44.2 Å². The van der Waals surface area contributed by atoms with Gasteiger partial charge in [0.05, 0.1) is 35.8 Å². The summed E-state index contributed by atoms with van der Waals surface area (Å²) in [6, 6.07) is 13.7. The number of hydrogen-bond donors (Lipinski definition) is 0. The smallest absolute Gasteiger partial charge is 0.318 e. The third kappa shape index (κ3) is 7.11. The van der Waals surface area contributed by atoms with Crippen LogP contribution in [-0.4, -0.2) is 90.6 Å². The van der Waals surface area contributed by atoms with Gasteiger partial charge in [-0.2, -0.15) is 15.2 Å². The molecule has 6 rings (SSSR count). The molecule has 3 aliphatic rings. The van der Waals surface area contributed by atoms with Crippen molar-refractivity contribution in [2.75, 3.05) is 62.7 Å². The molecule has 1 atom stereocenters. The number of likely N-dealkylation sites (N-methyl/N-ethyl adjacent to an activating group) is 1. The number of ether oxygens (including phenoxy) is 1. The van der Waals surface area contributed by atoms with Gasteiger partial charge in [-0.05, 0) is 36.9 Å². The van der Waals surface area contributed by atoms with E-state index in [1.54, 1.807) is 0 Å². The second kappa shape index (κ2) is 13.6. The molecule has 2 fully saturated rings. The lowest BCUT2D eigenvalue weighted by Gasteiger charge is -2.42. The first-order valence-electron chi connectivity index (χ1n) is 15.8. The van der Waals surface area contributed by atoms with Crippen molar-refractivity contribution in [3.05, 3.63) is 65.1 Å². The van der Waals surface area contributed by atoms with Crippen LogP contribution >= 0.6 is 11.6 Å². The average molecular weight is 668 g/mol. The van der Waals surface area contributed by atoms with Gasteiger partial charge < -0.3 is 24.3 Å². The lowest BCUT2D eigenvalue weighted by atomic mass is 9.81. The molecule has 13 heteroatoms. The predicted octanol–water partition coefficient (Wildman–Crippen LogP) is 5.62. The van der Waals surface area contributed by atoms with E-state index in [0.29, 0.717) is 50.0 Å². The number of alkyl halides is 2. The first kappa shape index (κ1) is 32.8. The predicted molar refractivity (Wildman–Crippen MR) is 175 cm³/mol. The Bertz CT molecular complexity index is 1700. The highest BCUT2D eigenvalue weighted by Crippen LogP contribution is 2.42. The normalized spacial score (nSPS) is 19.3. The number of fused-ring (bicyclic) bond motifs is 2. The molecular formula is C34H37ClF3N7O2. The van der Waals surface area contributed by atoms with Gasteiger partial charge in [0.1, 0.15) is 12.4 Å². The summed E-state index contributed by atoms with van der Waals surface area (Å²) < 4.78 is 46.5. The molecule has 9 nitrogen and oxygen atoms in total. The van der Waals surface area contributed by atoms with Gasteiger partial charge >= 0.3 is 6.01 Å². The lowest BCUT2D eigenvalue weighted by Crippen LogP contribution is -2.55. The van der Waals surface area contributed by atoms with E-state index in [1.807, 2.05) is 53.2 Å². The molecule has 1 aromatic heterocycles. The van der Waals surface area contributed by atoms with Crippen LogP contribution in [0.5, 0.6) is 6.01 Å². The second-order valence-electron chi connectivity index (χ2n) is 12.6. The lowest BCUT2D eigenvalue weighted by molar-refractivity contribution is -0.131. The highest BCUT2D eigenvalue weighted by molar-refractivity contribution is 6.36. The van der Waals surface area contributed by atoms with Crippen LogP contribution in [0.3, 0.4) is 0 Å². The number of amides is 1. The molecule has 0 bridgehead atoms. The monoisotopic (exact) mass is 667 g/mol. The molecule has 2 aliphatic heterocycles. The van der Waals surface area contributed by atoms with Crippen LogP contribution in [0.1, 0.15) is 30.5 Å². The molecule has 0 N–H and O–H groups in total. The number of carbonyl (C=O) groups excluding carboxylic acids is 1. The summed E-state index contributed by atoms with van der Waals surface area (Å²) in [4.78, 5) is 29.8. The summed E-state index contributed by atoms with van der Waals surface area (Å²) in [5, 5.41) is 12.2. The highest BCUT2D eigenvalue weighted by atomic mass is 35.5. The van der Waals surface area contributed by atoms with Gasteiger partial charge in [0.25, 0.3) is 5.91 Å². The van der Waals surface area contributed by atoms with Gasteiger partial charge in [-0.3, -0.25) is 4.79 Å². The second-order valence-corrected chi connectivity index (χ2v) is 13.1. The van der Waals surface area contributed by atoms with Gasteiger partial charge in [0, 0.05) is 68.7 Å². The maximum absolute atomic E-state index is 13.8. The van der Waals surface area contributed by atoms with Crippen LogP contribution in [0.15, 0.2) is 48.8 Å². The number of anilines is 2. The number of rotatable bonds is 10. The van der Waals surface area contributed by atoms with Gasteiger partial charge in [0.15, 0.2) is 5.83 Å². The summed E-state index contributed by atoms with van der Waals surface area (Å²) in [5.74, 6) is -3.78. The van der Waals surface area contributed by atoms with E-state index in [4.69, 9.17) is 26.3 Å². The van der Waals surface area contributed by atoms with Crippen LogP contribution in [-0.2, 0) is 17.8 Å². The van der Waals surface area contributed by atoms with E-state index in [0.717, 1.165) is 27.7 Å². The summed E-state index contributed by atoms with van der Waals surface area (Å²) in [6.07, 6.45) is 0.489. The summed E-state index contributed by atoms with van der Waals surface area (Å²) >= 11 is 6.67. The minimum Gasteiger partial charge on any atom is -0.462 e. The Morgan fingerprint density at radius 2 is 1.94 bits per heavy atom. The Kier molecular flexibility index (Phi) is 9.48. The zero-order valence-corrected chi connectivity index (χ0v) is 27.0. The van der Waals surface area contributed by atoms with E-state index in [9.17, 15) is 23.2 Å². The van der Waals surface area contributed by atoms with Crippen LogP contribution in [0.2, 0.25) is 5.02 Å². The van der Waals surface area contributed by atoms with Crippen LogP contribution < -0.4 is 14.5 Å². The molecule has 1 amide bonds. The molecule has 0 radical (unpaired) electrons. The van der Waals surface area contributed by atoms with E-state index in [-0.39, 0.29) is 50.9 Å². The zero-order valence-electron chi connectivity index (χ0n) is 26.3. The molecular weight excluding hydrogens is 631 g/mol. The third-order valence-electron chi connectivity index (χ3n) is 9.25. The Hall–Kier alpha value is -4.08. The zero-order chi connectivity index (χ0) is 33.3. The first-order chi connectivity index (χ1) is 22.5. The molecule has 3 heterocycles. The average Bonchev–Trinajstić information content (AvgIpc) is 3.03. The standard InChI is InChI=1S/C34H37ClF3N7O2/c1-22(36)32(46)45-14-13-44(20-25(45)9-11-39)31-26-10-12-43(29-8-4-6-24-5-3-7-27(35)30(24)29)21-28(26)40-33(41-31)47-16-15-42(2)19-23-17-34(37,38)18-23/h3-8,23,25H,1,9-10,12-21H2,2H3/t25-/m0/s1. The Morgan fingerprint density at radius 1 is 1.17 bits per heavy atom. The van der Waals surface area contributed by atoms with Crippen molar-refractivity contribution >= 4 is 39.8 Å². The Morgan fingerprint density at radius 3 is 2.66 bits per heavy atom. The largest absolute Gasteiger partial charge is 0.462 e. The fourth-order valence-electron chi connectivity index (χ4n) is 6.95. The molecule has 47 heavy (non-hydrogen) atoms. The minimum atomic E-state index is -2.55. The van der Waals surface area contributed by atoms with E-state index in [1.165, 1.54) is 4.90 Å². The maximum atomic E-state index is 13.8. The minimum absolute atomic E-state index is 0.0288. The van der Waals surface area contributed by atoms with E-state index >= 15 is 0 Å². The van der Waals surface area contributed by atoms with Crippen molar-refractivity contribution in [1.82, 2.24) is 19.8 Å². The number of piperazine rings is 1. The maximum Gasteiger partial charge on any atom is 0.318 e.